The zero-order valence-corrected chi connectivity index (χ0v) is 7.22. The molecule has 0 fully saturated rings. The second-order valence-corrected chi connectivity index (χ2v) is 2.76. The lowest BCUT2D eigenvalue weighted by Crippen LogP contribution is -2.17. The molecule has 1 N–H and O–H groups in total. The molecule has 61 valence electrons. The summed E-state index contributed by atoms with van der Waals surface area (Å²) in [6.07, 6.45) is 7.44. The van der Waals surface area contributed by atoms with Crippen molar-refractivity contribution in [3.05, 3.63) is 18.5 Å². The maximum absolute atomic E-state index is 3.05. The van der Waals surface area contributed by atoms with Crippen LogP contribution in [0.4, 0.5) is 5.69 Å². The molecule has 0 aliphatic rings. The molecule has 1 rings (SSSR count). The molecule has 0 saturated carbocycles. The van der Waals surface area contributed by atoms with Crippen molar-refractivity contribution in [2.24, 2.45) is 0 Å². The van der Waals surface area contributed by atoms with E-state index in [1.807, 2.05) is 12.3 Å². The maximum Gasteiger partial charge on any atom is 0.0878 e. The molecule has 1 heterocycles. The number of nitrogens with zero attached hydrogens (tertiary/aromatic N) is 1. The first kappa shape index (κ1) is 8.18. The van der Waals surface area contributed by atoms with E-state index in [4.69, 9.17) is 0 Å². The van der Waals surface area contributed by atoms with Gasteiger partial charge >= 0.3 is 0 Å². The fourth-order valence-electron chi connectivity index (χ4n) is 1.02. The number of hydrogen-bond acceptors (Lipinski definition) is 1. The largest absolute Gasteiger partial charge is 0.373 e. The Morgan fingerprint density at radius 3 is 3.00 bits per heavy atom. The summed E-state index contributed by atoms with van der Waals surface area (Å²) in [5, 5.41) is 0. The van der Waals surface area contributed by atoms with Crippen LogP contribution in [0.2, 0.25) is 0 Å². The highest BCUT2D eigenvalue weighted by molar-refractivity contribution is 5.41. The molecule has 0 unspecified atom stereocenters. The lowest BCUT2D eigenvalue weighted by atomic mass is 10.3. The van der Waals surface area contributed by atoms with Gasteiger partial charge in [0.2, 0.25) is 0 Å². The Hall–Kier alpha value is -0.920. The van der Waals surface area contributed by atoms with Crippen LogP contribution in [0.25, 0.3) is 0 Å². The first-order valence-corrected chi connectivity index (χ1v) is 4.10. The van der Waals surface area contributed by atoms with Crippen LogP contribution in [0.3, 0.4) is 0 Å². The van der Waals surface area contributed by atoms with Crippen molar-refractivity contribution >= 4 is 5.69 Å². The van der Waals surface area contributed by atoms with E-state index >= 15 is 0 Å². The summed E-state index contributed by atoms with van der Waals surface area (Å²) in [4.78, 5) is 5.13. The van der Waals surface area contributed by atoms with Gasteiger partial charge in [0.05, 0.1) is 11.9 Å². The van der Waals surface area contributed by atoms with E-state index in [0.717, 1.165) is 12.2 Å². The van der Waals surface area contributed by atoms with Gasteiger partial charge in [0.15, 0.2) is 0 Å². The summed E-state index contributed by atoms with van der Waals surface area (Å²) in [5.41, 5.74) is 1.15. The molecule has 2 nitrogen and oxygen atoms in total. The van der Waals surface area contributed by atoms with Gasteiger partial charge in [-0.3, -0.25) is 0 Å². The predicted molar refractivity (Wildman–Crippen MR) is 47.8 cm³/mol. The van der Waals surface area contributed by atoms with Gasteiger partial charge in [-0.05, 0) is 12.5 Å². The molecule has 0 spiro atoms. The average Bonchev–Trinajstić information content (AvgIpc) is 2.52. The van der Waals surface area contributed by atoms with Crippen molar-refractivity contribution in [3.63, 3.8) is 0 Å². The van der Waals surface area contributed by atoms with Crippen LogP contribution in [0.15, 0.2) is 12.3 Å². The van der Waals surface area contributed by atoms with E-state index < -0.39 is 0 Å². The van der Waals surface area contributed by atoms with Crippen molar-refractivity contribution in [2.75, 3.05) is 18.5 Å². The van der Waals surface area contributed by atoms with E-state index in [-0.39, 0.29) is 0 Å². The van der Waals surface area contributed by atoms with Gasteiger partial charge in [0.1, 0.15) is 0 Å². The summed E-state index contributed by atoms with van der Waals surface area (Å²) < 4.78 is 0. The standard InChI is InChI=1S/C9H15N2/c1-3-4-7-11(2)9-5-6-10-8-9/h5-6,10H,3-4,7H2,1-2H3. The number of aromatic amines is 1. The molecule has 2 heteroatoms. The van der Waals surface area contributed by atoms with Gasteiger partial charge in [0.25, 0.3) is 0 Å². The quantitative estimate of drug-likeness (QED) is 0.697. The van der Waals surface area contributed by atoms with Crippen LogP contribution in [0.1, 0.15) is 19.8 Å². The third-order valence-electron chi connectivity index (χ3n) is 1.78. The van der Waals surface area contributed by atoms with Crippen LogP contribution < -0.4 is 4.90 Å². The Kier molecular flexibility index (Phi) is 3.02. The van der Waals surface area contributed by atoms with Gasteiger partial charge < -0.3 is 9.88 Å². The molecule has 1 aromatic heterocycles. The number of rotatable bonds is 4. The molecule has 0 aliphatic carbocycles. The van der Waals surface area contributed by atoms with E-state index in [9.17, 15) is 0 Å². The number of H-pyrrole nitrogens is 1. The Morgan fingerprint density at radius 1 is 1.64 bits per heavy atom. The maximum atomic E-state index is 3.05. The van der Waals surface area contributed by atoms with Crippen LogP contribution in [-0.4, -0.2) is 18.6 Å². The Bertz CT molecular complexity index is 179. The molecule has 11 heavy (non-hydrogen) atoms. The van der Waals surface area contributed by atoms with E-state index in [1.54, 1.807) is 0 Å². The zero-order valence-electron chi connectivity index (χ0n) is 7.22. The minimum atomic E-state index is 1.12. The summed E-state index contributed by atoms with van der Waals surface area (Å²) in [7, 11) is 2.09. The summed E-state index contributed by atoms with van der Waals surface area (Å²) >= 11 is 0. The van der Waals surface area contributed by atoms with Crippen LogP contribution in [0, 0.1) is 6.20 Å². The van der Waals surface area contributed by atoms with Crippen molar-refractivity contribution < 1.29 is 0 Å². The van der Waals surface area contributed by atoms with Crippen LogP contribution >= 0.6 is 0 Å². The molecule has 1 radical (unpaired) electrons. The summed E-state index contributed by atoms with van der Waals surface area (Å²) in [6.45, 7) is 3.32. The topological polar surface area (TPSA) is 19.0 Å². The molecular formula is C9H15N2. The normalized spacial score (nSPS) is 10.0. The number of nitrogens with one attached hydrogen (secondary N) is 1. The number of hydrogen-bond donors (Lipinski definition) is 1. The number of unbranched alkanes of at least 4 members (excludes halogenated alkanes) is 1. The predicted octanol–water partition coefficient (Wildman–Crippen LogP) is 2.05. The molecule has 0 aromatic carbocycles. The minimum Gasteiger partial charge on any atom is -0.373 e. The van der Waals surface area contributed by atoms with E-state index in [2.05, 4.69) is 30.1 Å². The third kappa shape index (κ3) is 2.30. The second kappa shape index (κ2) is 4.06. The fraction of sp³-hybridized carbons (Fsp3) is 0.556. The molecule has 0 bridgehead atoms. The average molecular weight is 151 g/mol. The molecule has 0 aliphatic heterocycles. The van der Waals surface area contributed by atoms with Crippen molar-refractivity contribution in [1.82, 2.24) is 4.98 Å². The Labute approximate surface area is 68.2 Å². The van der Waals surface area contributed by atoms with E-state index in [1.165, 1.54) is 12.8 Å². The molecule has 1 aromatic rings. The molecule has 0 amide bonds. The van der Waals surface area contributed by atoms with Gasteiger partial charge in [-0.15, -0.1) is 0 Å². The summed E-state index contributed by atoms with van der Waals surface area (Å²) in [6, 6.07) is 2.04. The molecule has 0 atom stereocenters. The highest BCUT2D eigenvalue weighted by atomic mass is 15.1. The lowest BCUT2D eigenvalue weighted by Gasteiger charge is -2.15. The zero-order chi connectivity index (χ0) is 8.10. The van der Waals surface area contributed by atoms with Gasteiger partial charge in [-0.1, -0.05) is 13.3 Å². The highest BCUT2D eigenvalue weighted by Gasteiger charge is 1.98. The van der Waals surface area contributed by atoms with Gasteiger partial charge in [0, 0.05) is 19.8 Å². The van der Waals surface area contributed by atoms with E-state index in [0.29, 0.717) is 0 Å². The summed E-state index contributed by atoms with van der Waals surface area (Å²) in [5.74, 6) is 0. The SMILES string of the molecule is CCCCN(C)c1[c][nH]cc1. The van der Waals surface area contributed by atoms with Gasteiger partial charge in [-0.2, -0.15) is 0 Å². The Morgan fingerprint density at radius 2 is 2.45 bits per heavy atom. The highest BCUT2D eigenvalue weighted by Crippen LogP contribution is 2.09. The molecule has 0 saturated heterocycles. The Balaban J connectivity index is 2.36. The number of anilines is 1. The monoisotopic (exact) mass is 151 g/mol. The van der Waals surface area contributed by atoms with Crippen LogP contribution in [0.5, 0.6) is 0 Å². The second-order valence-electron chi connectivity index (χ2n) is 2.76. The van der Waals surface area contributed by atoms with Crippen LogP contribution in [-0.2, 0) is 0 Å². The first-order chi connectivity index (χ1) is 5.34. The minimum absolute atomic E-state index is 1.12. The third-order valence-corrected chi connectivity index (χ3v) is 1.78. The van der Waals surface area contributed by atoms with Crippen molar-refractivity contribution in [2.45, 2.75) is 19.8 Å². The molecular weight excluding hydrogens is 136 g/mol. The van der Waals surface area contributed by atoms with Crippen molar-refractivity contribution in [3.8, 4) is 0 Å². The number of aromatic nitrogens is 1. The lowest BCUT2D eigenvalue weighted by molar-refractivity contribution is 0.767. The smallest absolute Gasteiger partial charge is 0.0878 e. The fourth-order valence-corrected chi connectivity index (χ4v) is 1.02. The first-order valence-electron chi connectivity index (χ1n) is 4.10. The van der Waals surface area contributed by atoms with Gasteiger partial charge in [-0.25, -0.2) is 0 Å². The van der Waals surface area contributed by atoms with Crippen molar-refractivity contribution in [1.29, 1.82) is 0 Å².